The van der Waals surface area contributed by atoms with Crippen LogP contribution in [-0.2, 0) is 0 Å². The number of carboxylic acids is 1. The zero-order valence-electron chi connectivity index (χ0n) is 14.8. The van der Waals surface area contributed by atoms with Crippen LogP contribution in [0.15, 0.2) is 47.8 Å². The molecule has 0 saturated carbocycles. The second kappa shape index (κ2) is 6.95. The number of imidazole rings is 1. The highest BCUT2D eigenvalue weighted by molar-refractivity contribution is 5.89. The van der Waals surface area contributed by atoms with Crippen LogP contribution in [0, 0.1) is 0 Å². The Bertz CT molecular complexity index is 1240. The Morgan fingerprint density at radius 2 is 2.07 bits per heavy atom. The van der Waals surface area contributed by atoms with Gasteiger partial charge in [-0.05, 0) is 30.7 Å². The molecule has 0 aliphatic rings. The largest absolute Gasteiger partial charge is 0.493 e. The maximum atomic E-state index is 12.2. The molecule has 0 atom stereocenters. The van der Waals surface area contributed by atoms with E-state index in [4.69, 9.17) is 9.84 Å². The summed E-state index contributed by atoms with van der Waals surface area (Å²) in [4.78, 5) is 41.3. The number of aromatic carboxylic acids is 1. The lowest BCUT2D eigenvalue weighted by Gasteiger charge is -2.12. The molecule has 0 aliphatic carbocycles. The summed E-state index contributed by atoms with van der Waals surface area (Å²) < 4.78 is 5.74. The van der Waals surface area contributed by atoms with Gasteiger partial charge in [-0.25, -0.2) is 14.8 Å². The minimum atomic E-state index is -1.05. The van der Waals surface area contributed by atoms with Gasteiger partial charge in [0.05, 0.1) is 24.1 Å². The van der Waals surface area contributed by atoms with Gasteiger partial charge in [0.15, 0.2) is 11.2 Å². The Kier molecular flexibility index (Phi) is 4.32. The number of aromatic amines is 2. The summed E-state index contributed by atoms with van der Waals surface area (Å²) in [6, 6.07) is 6.85. The van der Waals surface area contributed by atoms with Crippen molar-refractivity contribution in [2.75, 3.05) is 6.61 Å². The summed E-state index contributed by atoms with van der Waals surface area (Å²) in [6.45, 7) is 2.25. The fraction of sp³-hybridized carbons (Fsp3) is 0.105. The van der Waals surface area contributed by atoms with Crippen molar-refractivity contribution in [2.24, 2.45) is 0 Å². The molecule has 1 aromatic carbocycles. The third-order valence-electron chi connectivity index (χ3n) is 4.14. The van der Waals surface area contributed by atoms with E-state index in [0.29, 0.717) is 35.0 Å². The first-order valence-electron chi connectivity index (χ1n) is 8.46. The van der Waals surface area contributed by atoms with Crippen molar-refractivity contribution in [1.29, 1.82) is 0 Å². The first kappa shape index (κ1) is 17.4. The van der Waals surface area contributed by atoms with Crippen LogP contribution in [0.2, 0.25) is 0 Å². The van der Waals surface area contributed by atoms with Crippen molar-refractivity contribution in [1.82, 2.24) is 24.9 Å². The lowest BCUT2D eigenvalue weighted by molar-refractivity contribution is 0.0696. The predicted octanol–water partition coefficient (Wildman–Crippen LogP) is 2.47. The molecule has 9 nitrogen and oxygen atoms in total. The van der Waals surface area contributed by atoms with Crippen LogP contribution in [0.5, 0.6) is 5.75 Å². The molecule has 0 unspecified atom stereocenters. The zero-order chi connectivity index (χ0) is 19.7. The fourth-order valence-electron chi connectivity index (χ4n) is 2.86. The number of pyridine rings is 1. The van der Waals surface area contributed by atoms with Crippen LogP contribution in [0.4, 0.5) is 0 Å². The van der Waals surface area contributed by atoms with Crippen molar-refractivity contribution in [3.05, 3.63) is 58.9 Å². The summed E-state index contributed by atoms with van der Waals surface area (Å²) in [5.74, 6) is -0.206. The molecule has 0 radical (unpaired) electrons. The Morgan fingerprint density at radius 1 is 1.21 bits per heavy atom. The second-order valence-electron chi connectivity index (χ2n) is 5.93. The first-order valence-corrected chi connectivity index (χ1v) is 8.46. The summed E-state index contributed by atoms with van der Waals surface area (Å²) in [6.07, 6.45) is 4.28. The molecule has 3 aromatic heterocycles. The monoisotopic (exact) mass is 377 g/mol. The molecule has 0 amide bonds. The van der Waals surface area contributed by atoms with Crippen molar-refractivity contribution in [3.63, 3.8) is 0 Å². The molecule has 0 saturated heterocycles. The third-order valence-corrected chi connectivity index (χ3v) is 4.14. The number of hydrogen-bond acceptors (Lipinski definition) is 6. The van der Waals surface area contributed by atoms with E-state index in [-0.39, 0.29) is 16.6 Å². The number of fused-ring (bicyclic) bond motifs is 1. The Balaban J connectivity index is 1.84. The number of benzene rings is 1. The number of ether oxygens (including phenoxy) is 1. The van der Waals surface area contributed by atoms with E-state index in [9.17, 15) is 9.59 Å². The maximum Gasteiger partial charge on any atom is 0.337 e. The van der Waals surface area contributed by atoms with Gasteiger partial charge in [0.2, 0.25) is 0 Å². The summed E-state index contributed by atoms with van der Waals surface area (Å²) in [5.41, 5.74) is 2.31. The van der Waals surface area contributed by atoms with Gasteiger partial charge in [-0.15, -0.1) is 0 Å². The minimum absolute atomic E-state index is 0.0928. The van der Waals surface area contributed by atoms with E-state index in [1.165, 1.54) is 18.6 Å². The maximum absolute atomic E-state index is 12.2. The standard InChI is InChI=1S/C19H15N5O4/c1-2-28-14-6-10(11-5-12(19(26)27)8-20-7-11)3-4-13(14)16-23-17-15(18(25)24-16)21-9-22-17/h3-9H,2H2,1H3,(H,26,27)(H2,21,22,23,24,25). The minimum Gasteiger partial charge on any atom is -0.493 e. The van der Waals surface area contributed by atoms with Crippen molar-refractivity contribution in [3.8, 4) is 28.3 Å². The van der Waals surface area contributed by atoms with Crippen molar-refractivity contribution >= 4 is 17.1 Å². The predicted molar refractivity (Wildman–Crippen MR) is 101 cm³/mol. The molecule has 9 heteroatoms. The van der Waals surface area contributed by atoms with E-state index < -0.39 is 5.97 Å². The highest BCUT2D eigenvalue weighted by Gasteiger charge is 2.14. The van der Waals surface area contributed by atoms with Gasteiger partial charge >= 0.3 is 5.97 Å². The van der Waals surface area contributed by atoms with Crippen LogP contribution < -0.4 is 10.3 Å². The molecule has 28 heavy (non-hydrogen) atoms. The van der Waals surface area contributed by atoms with Crippen LogP contribution in [0.1, 0.15) is 17.3 Å². The van der Waals surface area contributed by atoms with Crippen LogP contribution in [0.3, 0.4) is 0 Å². The quantitative estimate of drug-likeness (QED) is 0.486. The van der Waals surface area contributed by atoms with Crippen LogP contribution in [0.25, 0.3) is 33.7 Å². The second-order valence-corrected chi connectivity index (χ2v) is 5.93. The molecular weight excluding hydrogens is 362 g/mol. The Morgan fingerprint density at radius 3 is 2.86 bits per heavy atom. The topological polar surface area (TPSA) is 134 Å². The number of hydrogen-bond donors (Lipinski definition) is 3. The fourth-order valence-corrected chi connectivity index (χ4v) is 2.86. The molecular formula is C19H15N5O4. The summed E-state index contributed by atoms with van der Waals surface area (Å²) in [5, 5.41) is 9.17. The molecule has 0 fully saturated rings. The van der Waals surface area contributed by atoms with Gasteiger partial charge < -0.3 is 19.8 Å². The van der Waals surface area contributed by atoms with Crippen molar-refractivity contribution < 1.29 is 14.6 Å². The molecule has 140 valence electrons. The number of H-pyrrole nitrogens is 2. The highest BCUT2D eigenvalue weighted by atomic mass is 16.5. The lowest BCUT2D eigenvalue weighted by atomic mass is 10.0. The Hall–Kier alpha value is -4.01. The first-order chi connectivity index (χ1) is 13.6. The number of rotatable bonds is 5. The van der Waals surface area contributed by atoms with Crippen LogP contribution >= 0.6 is 0 Å². The molecule has 0 bridgehead atoms. The number of nitrogens with zero attached hydrogens (tertiary/aromatic N) is 3. The van der Waals surface area contributed by atoms with Gasteiger partial charge in [-0.3, -0.25) is 9.78 Å². The normalized spacial score (nSPS) is 10.9. The van der Waals surface area contributed by atoms with E-state index >= 15 is 0 Å². The van der Waals surface area contributed by atoms with Gasteiger partial charge in [-0.1, -0.05) is 6.07 Å². The van der Waals surface area contributed by atoms with E-state index in [0.717, 1.165) is 5.56 Å². The van der Waals surface area contributed by atoms with E-state index in [1.807, 2.05) is 6.92 Å². The number of carbonyl (C=O) groups is 1. The summed E-state index contributed by atoms with van der Waals surface area (Å²) >= 11 is 0. The number of nitrogens with one attached hydrogen (secondary N) is 2. The number of aromatic nitrogens is 5. The van der Waals surface area contributed by atoms with Crippen LogP contribution in [-0.4, -0.2) is 42.6 Å². The van der Waals surface area contributed by atoms with Gasteiger partial charge in [-0.2, -0.15) is 0 Å². The van der Waals surface area contributed by atoms with Gasteiger partial charge in [0.1, 0.15) is 11.6 Å². The average molecular weight is 377 g/mol. The average Bonchev–Trinajstić information content (AvgIpc) is 3.17. The molecule has 3 heterocycles. The van der Waals surface area contributed by atoms with E-state index in [2.05, 4.69) is 24.9 Å². The third kappa shape index (κ3) is 3.09. The molecule has 0 aliphatic heterocycles. The summed E-state index contributed by atoms with van der Waals surface area (Å²) in [7, 11) is 0. The lowest BCUT2D eigenvalue weighted by Crippen LogP contribution is -2.10. The highest BCUT2D eigenvalue weighted by Crippen LogP contribution is 2.32. The van der Waals surface area contributed by atoms with Gasteiger partial charge in [0, 0.05) is 18.0 Å². The molecule has 4 rings (SSSR count). The SMILES string of the molecule is CCOc1cc(-c2cncc(C(=O)O)c2)ccc1-c1nc2[nH]cnc2c(=O)[nH]1. The van der Waals surface area contributed by atoms with Crippen molar-refractivity contribution in [2.45, 2.75) is 6.92 Å². The Labute approximate surface area is 158 Å². The molecule has 3 N–H and O–H groups in total. The van der Waals surface area contributed by atoms with Gasteiger partial charge in [0.25, 0.3) is 5.56 Å². The van der Waals surface area contributed by atoms with E-state index in [1.54, 1.807) is 24.4 Å². The zero-order valence-corrected chi connectivity index (χ0v) is 14.8. The molecule has 0 spiro atoms. The number of carboxylic acid groups (broad SMARTS) is 1. The molecule has 4 aromatic rings. The smallest absolute Gasteiger partial charge is 0.337 e.